The highest BCUT2D eigenvalue weighted by Crippen LogP contribution is 2.46. The van der Waals surface area contributed by atoms with Crippen molar-refractivity contribution in [2.45, 2.75) is 0 Å². The Balaban J connectivity index is 0.990. The number of hydrogen-bond donors (Lipinski definition) is 0. The van der Waals surface area contributed by atoms with Crippen LogP contribution in [0.1, 0.15) is 0 Å². The van der Waals surface area contributed by atoms with Gasteiger partial charge in [0.05, 0.1) is 22.1 Å². The predicted molar refractivity (Wildman–Crippen MR) is 277 cm³/mol. The highest BCUT2D eigenvalue weighted by Gasteiger charge is 2.26. The second-order valence-corrected chi connectivity index (χ2v) is 21.0. The zero-order valence-corrected chi connectivity index (χ0v) is 36.2. The maximum atomic E-state index is 7.00. The molecule has 3 nitrogen and oxygen atoms in total. The molecular formula is C59H36N3PS. The minimum Gasteiger partial charge on any atom is -0.265 e. The first-order chi connectivity index (χ1) is 31.6. The van der Waals surface area contributed by atoms with Crippen LogP contribution < -0.4 is 15.9 Å². The molecule has 0 radical (unpaired) electrons. The van der Waals surface area contributed by atoms with Gasteiger partial charge in [0.2, 0.25) is 0 Å². The molecule has 0 saturated carbocycles. The Bertz CT molecular complexity index is 3660. The van der Waals surface area contributed by atoms with Gasteiger partial charge in [0, 0.05) is 72.6 Å². The number of benzene rings is 10. The van der Waals surface area contributed by atoms with Crippen molar-refractivity contribution in [1.82, 2.24) is 15.0 Å². The first-order valence-electron chi connectivity index (χ1n) is 21.6. The van der Waals surface area contributed by atoms with Crippen LogP contribution in [0.15, 0.2) is 219 Å². The van der Waals surface area contributed by atoms with Gasteiger partial charge < -0.3 is 0 Å². The quantitative estimate of drug-likeness (QED) is 0.0982. The molecular weight excluding hydrogens is 814 g/mol. The number of nitrogens with zero attached hydrogens (tertiary/aromatic N) is 3. The molecule has 13 rings (SSSR count). The first kappa shape index (κ1) is 37.0. The van der Waals surface area contributed by atoms with Crippen LogP contribution in [0, 0.1) is 0 Å². The summed E-state index contributed by atoms with van der Waals surface area (Å²) in [6.45, 7) is 0. The van der Waals surface area contributed by atoms with E-state index >= 15 is 0 Å². The summed E-state index contributed by atoms with van der Waals surface area (Å²) in [4.78, 5) is 15.3. The Kier molecular flexibility index (Phi) is 8.36. The lowest BCUT2D eigenvalue weighted by Crippen LogP contribution is -2.24. The second-order valence-electron chi connectivity index (χ2n) is 16.6. The zero-order chi connectivity index (χ0) is 42.4. The van der Waals surface area contributed by atoms with E-state index < -0.39 is 6.04 Å². The Morgan fingerprint density at radius 2 is 0.578 bits per heavy atom. The molecule has 0 N–H and O–H groups in total. The highest BCUT2D eigenvalue weighted by molar-refractivity contribution is 8.25. The molecule has 13 aromatic rings. The standard InChI is InChI=1S/C59H36N3PS/c64-63(45-33-35-60-36-34-45,43-25-17-41(18-26-43)54-50-29-21-37-9-1-5-13-46(37)56(50)61-57-47-14-6-2-10-38(47)22-30-51(54)57)44-27-19-42(20-28-44)55-52-31-23-39-11-3-7-15-48(39)58(52)62-59-49-16-8-4-12-40(49)24-32-53(55)59/h1-36H. The molecule has 3 heterocycles. The van der Waals surface area contributed by atoms with Crippen molar-refractivity contribution < 1.29 is 0 Å². The van der Waals surface area contributed by atoms with Crippen LogP contribution in [0.5, 0.6) is 0 Å². The van der Waals surface area contributed by atoms with E-state index in [4.69, 9.17) is 21.8 Å². The molecule has 0 saturated heterocycles. The van der Waals surface area contributed by atoms with E-state index in [0.29, 0.717) is 0 Å². The highest BCUT2D eigenvalue weighted by atomic mass is 32.4. The molecule has 0 aliphatic carbocycles. The number of hydrogen-bond acceptors (Lipinski definition) is 4. The van der Waals surface area contributed by atoms with Crippen LogP contribution in [0.2, 0.25) is 0 Å². The smallest absolute Gasteiger partial charge is 0.0794 e. The summed E-state index contributed by atoms with van der Waals surface area (Å²) < 4.78 is 0. The van der Waals surface area contributed by atoms with Crippen molar-refractivity contribution in [3.05, 3.63) is 219 Å². The fraction of sp³-hybridized carbons (Fsp3) is 0. The minimum atomic E-state index is -2.55. The zero-order valence-electron chi connectivity index (χ0n) is 34.5. The Morgan fingerprint density at radius 1 is 0.281 bits per heavy atom. The van der Waals surface area contributed by atoms with Crippen LogP contribution in [-0.2, 0) is 11.8 Å². The van der Waals surface area contributed by atoms with Crippen LogP contribution >= 0.6 is 6.04 Å². The van der Waals surface area contributed by atoms with E-state index in [0.717, 1.165) is 92.2 Å². The fourth-order valence-corrected chi connectivity index (χ4v) is 13.8. The van der Waals surface area contributed by atoms with Crippen molar-refractivity contribution in [2.75, 3.05) is 0 Å². The lowest BCUT2D eigenvalue weighted by atomic mass is 9.92. The Hall–Kier alpha value is -7.62. The van der Waals surface area contributed by atoms with Crippen LogP contribution in [0.25, 0.3) is 109 Å². The molecule has 0 spiro atoms. The van der Waals surface area contributed by atoms with Gasteiger partial charge in [-0.05, 0) is 60.7 Å². The van der Waals surface area contributed by atoms with Crippen LogP contribution in [0.3, 0.4) is 0 Å². The van der Waals surface area contributed by atoms with Crippen molar-refractivity contribution in [1.29, 1.82) is 0 Å². The van der Waals surface area contributed by atoms with Crippen molar-refractivity contribution in [3.8, 4) is 22.3 Å². The van der Waals surface area contributed by atoms with E-state index in [9.17, 15) is 0 Å². The molecule has 3 aromatic heterocycles. The van der Waals surface area contributed by atoms with E-state index in [1.807, 2.05) is 12.4 Å². The molecule has 10 aromatic carbocycles. The van der Waals surface area contributed by atoms with Gasteiger partial charge >= 0.3 is 0 Å². The Morgan fingerprint density at radius 3 is 0.906 bits per heavy atom. The molecule has 0 aliphatic rings. The lowest BCUT2D eigenvalue weighted by Gasteiger charge is -2.25. The number of pyridine rings is 3. The van der Waals surface area contributed by atoms with Gasteiger partial charge in [-0.15, -0.1) is 0 Å². The summed E-state index contributed by atoms with van der Waals surface area (Å²) in [6.07, 6.45) is 3.74. The molecule has 0 atom stereocenters. The summed E-state index contributed by atoms with van der Waals surface area (Å²) in [5, 5.41) is 17.2. The molecule has 0 fully saturated rings. The summed E-state index contributed by atoms with van der Waals surface area (Å²) in [6, 6.07) is 71.9. The normalized spacial score (nSPS) is 12.1. The van der Waals surface area contributed by atoms with Gasteiger partial charge in [0.1, 0.15) is 0 Å². The minimum absolute atomic E-state index is 1.01. The molecule has 5 heteroatoms. The molecule has 0 amide bonds. The monoisotopic (exact) mass is 849 g/mol. The van der Waals surface area contributed by atoms with E-state index in [-0.39, 0.29) is 0 Å². The van der Waals surface area contributed by atoms with Crippen LogP contribution in [0.4, 0.5) is 0 Å². The van der Waals surface area contributed by atoms with Gasteiger partial charge in [-0.3, -0.25) is 4.98 Å². The average molecular weight is 850 g/mol. The van der Waals surface area contributed by atoms with Gasteiger partial charge in [-0.1, -0.05) is 206 Å². The topological polar surface area (TPSA) is 38.7 Å². The van der Waals surface area contributed by atoms with Gasteiger partial charge in [0.25, 0.3) is 0 Å². The van der Waals surface area contributed by atoms with Gasteiger partial charge in [-0.2, -0.15) is 0 Å². The third-order valence-electron chi connectivity index (χ3n) is 13.2. The fourth-order valence-electron chi connectivity index (χ4n) is 10.1. The molecule has 64 heavy (non-hydrogen) atoms. The number of rotatable bonds is 5. The molecule has 298 valence electrons. The van der Waals surface area contributed by atoms with Crippen LogP contribution in [-0.4, -0.2) is 15.0 Å². The number of aromatic nitrogens is 3. The maximum absolute atomic E-state index is 7.00. The SMILES string of the molecule is S=P(c1ccncc1)(c1ccc(-c2c3ccc4ccccc4c3nc3c2ccc2ccccc23)cc1)c1ccc(-c2c3ccc4ccccc4c3nc3c2ccc2ccccc23)cc1. The van der Waals surface area contributed by atoms with Crippen molar-refractivity contribution >= 4 is 120 Å². The summed E-state index contributed by atoms with van der Waals surface area (Å²) in [5.74, 6) is 0. The number of fused-ring (bicyclic) bond motifs is 12. The van der Waals surface area contributed by atoms with E-state index in [1.165, 1.54) is 32.7 Å². The molecule has 0 bridgehead atoms. The summed E-state index contributed by atoms with van der Waals surface area (Å²) in [7, 11) is 0. The van der Waals surface area contributed by atoms with E-state index in [1.54, 1.807) is 0 Å². The second kappa shape index (κ2) is 14.5. The third kappa shape index (κ3) is 5.60. The van der Waals surface area contributed by atoms with Crippen molar-refractivity contribution in [2.24, 2.45) is 0 Å². The summed E-state index contributed by atoms with van der Waals surface area (Å²) in [5.41, 5.74) is 8.69. The average Bonchev–Trinajstić information content (AvgIpc) is 3.37. The first-order valence-corrected chi connectivity index (χ1v) is 24.4. The van der Waals surface area contributed by atoms with E-state index in [2.05, 4.69) is 211 Å². The van der Waals surface area contributed by atoms with Gasteiger partial charge in [0.15, 0.2) is 0 Å². The summed E-state index contributed by atoms with van der Waals surface area (Å²) >= 11 is 7.00. The van der Waals surface area contributed by atoms with Crippen molar-refractivity contribution in [3.63, 3.8) is 0 Å². The van der Waals surface area contributed by atoms with Gasteiger partial charge in [-0.25, -0.2) is 9.97 Å². The maximum Gasteiger partial charge on any atom is 0.0794 e. The largest absolute Gasteiger partial charge is 0.265 e. The molecule has 0 unspecified atom stereocenters. The lowest BCUT2D eigenvalue weighted by molar-refractivity contribution is 1.34. The Labute approximate surface area is 374 Å². The third-order valence-corrected chi connectivity index (χ3v) is 18.2. The molecule has 0 aliphatic heterocycles. The predicted octanol–water partition coefficient (Wildman–Crippen LogP) is 14.2.